The molecule has 4 rings (SSSR count). The molecular weight excluding hydrogens is 596 g/mol. The number of allylic oxidation sites excluding steroid dienone is 1. The number of thiazole rings is 1. The van der Waals surface area contributed by atoms with Crippen molar-refractivity contribution in [3.63, 3.8) is 0 Å². The molecule has 0 aliphatic carbocycles. The van der Waals surface area contributed by atoms with E-state index in [-0.39, 0.29) is 24.9 Å². The zero-order chi connectivity index (χ0) is 29.0. The molecule has 1 aromatic heterocycles. The first-order valence-electron chi connectivity index (χ1n) is 12.6. The van der Waals surface area contributed by atoms with Gasteiger partial charge in [0.1, 0.15) is 18.4 Å². The highest BCUT2D eigenvalue weighted by atomic mass is 79.9. The van der Waals surface area contributed by atoms with Crippen LogP contribution in [0.25, 0.3) is 6.08 Å². The van der Waals surface area contributed by atoms with Crippen molar-refractivity contribution in [1.82, 2.24) is 4.57 Å². The Morgan fingerprint density at radius 2 is 2.02 bits per heavy atom. The summed E-state index contributed by atoms with van der Waals surface area (Å²) < 4.78 is 25.2. The monoisotopic (exact) mass is 624 g/mol. The number of carbonyl (C=O) groups excluding carboxylic acids is 1. The van der Waals surface area contributed by atoms with Gasteiger partial charge in [-0.2, -0.15) is 0 Å². The van der Waals surface area contributed by atoms with E-state index in [0.717, 1.165) is 0 Å². The highest BCUT2D eigenvalue weighted by Crippen LogP contribution is 2.38. The van der Waals surface area contributed by atoms with Crippen molar-refractivity contribution in [2.75, 3.05) is 20.3 Å². The zero-order valence-corrected chi connectivity index (χ0v) is 25.2. The fraction of sp³-hybridized carbons (Fsp3) is 0.300. The quantitative estimate of drug-likeness (QED) is 0.260. The second-order valence-corrected chi connectivity index (χ2v) is 10.9. The lowest BCUT2D eigenvalue weighted by atomic mass is 9.95. The highest BCUT2D eigenvalue weighted by molar-refractivity contribution is 9.10. The molecule has 0 spiro atoms. The van der Waals surface area contributed by atoms with Crippen LogP contribution >= 0.6 is 27.3 Å². The lowest BCUT2D eigenvalue weighted by Gasteiger charge is -2.26. The van der Waals surface area contributed by atoms with Gasteiger partial charge >= 0.3 is 5.97 Å². The summed E-state index contributed by atoms with van der Waals surface area (Å²) in [5, 5.41) is 0. The van der Waals surface area contributed by atoms with Crippen LogP contribution in [0, 0.1) is 12.3 Å². The van der Waals surface area contributed by atoms with Crippen molar-refractivity contribution in [3.8, 4) is 29.6 Å². The smallest absolute Gasteiger partial charge is 0.338 e. The van der Waals surface area contributed by atoms with E-state index in [1.807, 2.05) is 44.2 Å². The number of nitrogens with zero attached hydrogens (tertiary/aromatic N) is 2. The molecular formula is C30H29BrN2O6S. The summed E-state index contributed by atoms with van der Waals surface area (Å²) in [7, 11) is 1.53. The Morgan fingerprint density at radius 3 is 2.70 bits per heavy atom. The number of carbonyl (C=O) groups is 1. The second kappa shape index (κ2) is 12.6. The number of hydrogen-bond acceptors (Lipinski definition) is 8. The summed E-state index contributed by atoms with van der Waals surface area (Å²) in [5.41, 5.74) is 1.84. The number of terminal acetylenes is 1. The van der Waals surface area contributed by atoms with Gasteiger partial charge in [-0.05, 0) is 73.5 Å². The van der Waals surface area contributed by atoms with E-state index >= 15 is 0 Å². The molecule has 0 radical (unpaired) electrons. The van der Waals surface area contributed by atoms with Crippen LogP contribution in [0.4, 0.5) is 0 Å². The number of benzene rings is 2. The molecule has 0 fully saturated rings. The number of rotatable bonds is 9. The Balaban J connectivity index is 1.94. The van der Waals surface area contributed by atoms with Crippen LogP contribution in [-0.2, 0) is 9.53 Å². The van der Waals surface area contributed by atoms with Gasteiger partial charge in [-0.3, -0.25) is 9.36 Å². The van der Waals surface area contributed by atoms with Crippen LogP contribution in [0.5, 0.6) is 17.2 Å². The minimum Gasteiger partial charge on any atom is -0.493 e. The molecule has 0 bridgehead atoms. The molecule has 8 nitrogen and oxygen atoms in total. The Kier molecular flexibility index (Phi) is 9.17. The van der Waals surface area contributed by atoms with Crippen LogP contribution in [0.1, 0.15) is 44.9 Å². The maximum atomic E-state index is 14.0. The van der Waals surface area contributed by atoms with Gasteiger partial charge in [0.25, 0.3) is 5.56 Å². The summed E-state index contributed by atoms with van der Waals surface area (Å²) in [6.45, 7) is 7.60. The lowest BCUT2D eigenvalue weighted by Crippen LogP contribution is -2.40. The first kappa shape index (κ1) is 29.2. The van der Waals surface area contributed by atoms with Crippen molar-refractivity contribution in [2.45, 2.75) is 39.8 Å². The van der Waals surface area contributed by atoms with E-state index in [1.165, 1.54) is 23.0 Å². The second-order valence-electron chi connectivity index (χ2n) is 9.03. The number of fused-ring (bicyclic) bond motifs is 1. The predicted octanol–water partition coefficient (Wildman–Crippen LogP) is 4.37. The van der Waals surface area contributed by atoms with Gasteiger partial charge in [-0.15, -0.1) is 6.42 Å². The van der Waals surface area contributed by atoms with E-state index in [0.29, 0.717) is 53.5 Å². The van der Waals surface area contributed by atoms with Crippen molar-refractivity contribution < 1.29 is 23.7 Å². The largest absolute Gasteiger partial charge is 0.493 e. The molecule has 208 valence electrons. The zero-order valence-electron chi connectivity index (χ0n) is 22.8. The highest BCUT2D eigenvalue weighted by Gasteiger charge is 2.35. The lowest BCUT2D eigenvalue weighted by molar-refractivity contribution is -0.139. The number of methoxy groups -OCH3 is 1. The fourth-order valence-corrected chi connectivity index (χ4v) is 6.00. The number of halogens is 1. The molecule has 40 heavy (non-hydrogen) atoms. The predicted molar refractivity (Wildman–Crippen MR) is 158 cm³/mol. The Bertz CT molecular complexity index is 1700. The Morgan fingerprint density at radius 1 is 1.27 bits per heavy atom. The minimum atomic E-state index is -0.784. The van der Waals surface area contributed by atoms with E-state index in [9.17, 15) is 9.59 Å². The van der Waals surface area contributed by atoms with Gasteiger partial charge in [0.05, 0.1) is 40.1 Å². The van der Waals surface area contributed by atoms with Crippen molar-refractivity contribution in [3.05, 3.63) is 83.0 Å². The number of hydrogen-bond donors (Lipinski definition) is 0. The van der Waals surface area contributed by atoms with Gasteiger partial charge in [-0.25, -0.2) is 9.79 Å². The molecule has 2 aromatic carbocycles. The van der Waals surface area contributed by atoms with E-state index in [1.54, 1.807) is 26.0 Å². The molecule has 0 N–H and O–H groups in total. The first-order chi connectivity index (χ1) is 19.2. The summed E-state index contributed by atoms with van der Waals surface area (Å²) in [4.78, 5) is 32.3. The number of para-hydroxylation sites is 1. The van der Waals surface area contributed by atoms with Gasteiger partial charge in [0.2, 0.25) is 0 Å². The van der Waals surface area contributed by atoms with Crippen LogP contribution < -0.4 is 29.1 Å². The summed E-state index contributed by atoms with van der Waals surface area (Å²) in [5.74, 6) is 3.41. The van der Waals surface area contributed by atoms with Crippen molar-refractivity contribution in [1.29, 1.82) is 0 Å². The Labute approximate surface area is 244 Å². The van der Waals surface area contributed by atoms with Crippen molar-refractivity contribution >= 4 is 39.3 Å². The van der Waals surface area contributed by atoms with E-state index < -0.39 is 12.0 Å². The summed E-state index contributed by atoms with van der Waals surface area (Å²) in [6.07, 6.45) is 6.97. The van der Waals surface area contributed by atoms with Gasteiger partial charge in [0.15, 0.2) is 16.3 Å². The number of aromatic nitrogens is 1. The summed E-state index contributed by atoms with van der Waals surface area (Å²) >= 11 is 4.74. The van der Waals surface area contributed by atoms with Gasteiger partial charge in [0, 0.05) is 5.56 Å². The topological polar surface area (TPSA) is 88.4 Å². The molecule has 1 atom stereocenters. The van der Waals surface area contributed by atoms with Crippen LogP contribution in [0.15, 0.2) is 61.9 Å². The third kappa shape index (κ3) is 5.86. The normalized spacial score (nSPS) is 14.8. The summed E-state index contributed by atoms with van der Waals surface area (Å²) in [6, 6.07) is 10.2. The molecule has 1 aliphatic rings. The van der Waals surface area contributed by atoms with Gasteiger partial charge < -0.3 is 18.9 Å². The molecule has 10 heteroatoms. The third-order valence-corrected chi connectivity index (χ3v) is 7.51. The number of esters is 1. The Hall–Kier alpha value is -3.81. The van der Waals surface area contributed by atoms with E-state index in [2.05, 4.69) is 26.8 Å². The molecule has 3 aromatic rings. The average molecular weight is 626 g/mol. The maximum absolute atomic E-state index is 14.0. The van der Waals surface area contributed by atoms with Crippen molar-refractivity contribution in [2.24, 2.45) is 4.99 Å². The SMILES string of the molecule is C#CCOc1c(Br)cc(/C=c2/sc3n(c2=O)[C@@H](c2ccccc2OC(C)C)C(C(=O)OCC)=C(C)N=3)cc1OC. The molecule has 1 aliphatic heterocycles. The first-order valence-corrected chi connectivity index (χ1v) is 14.2. The molecule has 0 amide bonds. The molecule has 0 saturated carbocycles. The number of ether oxygens (including phenoxy) is 4. The minimum absolute atomic E-state index is 0.0804. The van der Waals surface area contributed by atoms with E-state index in [4.69, 9.17) is 25.4 Å². The molecule has 0 unspecified atom stereocenters. The fourth-order valence-electron chi connectivity index (χ4n) is 4.38. The third-order valence-electron chi connectivity index (χ3n) is 5.94. The van der Waals surface area contributed by atoms with Crippen LogP contribution in [0.2, 0.25) is 0 Å². The van der Waals surface area contributed by atoms with Crippen LogP contribution in [-0.4, -0.2) is 37.0 Å². The molecule has 2 heterocycles. The van der Waals surface area contributed by atoms with Gasteiger partial charge in [-0.1, -0.05) is 35.5 Å². The molecule has 0 saturated heterocycles. The average Bonchev–Trinajstić information content (AvgIpc) is 3.21. The van der Waals surface area contributed by atoms with Crippen LogP contribution in [0.3, 0.4) is 0 Å². The standard InChI is InChI=1S/C30H29BrN2O6S/c1-7-13-38-27-21(31)14-19(15-23(27)36-6)16-24-28(34)33-26(20-11-9-10-12-22(20)39-17(3)4)25(29(35)37-8-2)18(5)32-30(33)40-24/h1,9-12,14-17,26H,8,13H2,2-6H3/b24-16+/t26-/m0/s1. The maximum Gasteiger partial charge on any atom is 0.338 e.